The summed E-state index contributed by atoms with van der Waals surface area (Å²) in [6.07, 6.45) is 5.17. The number of hydrogen-bond acceptors (Lipinski definition) is 2. The van der Waals surface area contributed by atoms with Gasteiger partial charge in [-0.15, -0.1) is 0 Å². The molecule has 0 aromatic carbocycles. The first-order valence-electron chi connectivity index (χ1n) is 3.42. The van der Waals surface area contributed by atoms with Crippen LogP contribution in [-0.2, 0) is 0 Å². The van der Waals surface area contributed by atoms with E-state index in [9.17, 15) is 0 Å². The van der Waals surface area contributed by atoms with E-state index in [0.717, 1.165) is 11.5 Å². The van der Waals surface area contributed by atoms with Crippen LogP contribution < -0.4 is 0 Å². The minimum absolute atomic E-state index is 0.770. The fraction of sp³-hybridized carbons (Fsp3) is 0.250. The molecule has 0 fully saturated rings. The minimum atomic E-state index is 0.770. The summed E-state index contributed by atoms with van der Waals surface area (Å²) in [6, 6.07) is 0. The lowest BCUT2D eigenvalue weighted by Gasteiger charge is -1.95. The van der Waals surface area contributed by atoms with Crippen molar-refractivity contribution in [2.24, 2.45) is 5.10 Å². The molecule has 1 aromatic heterocycles. The normalized spacial score (nSPS) is 9.27. The molecule has 0 aliphatic carbocycles. The fourth-order valence-corrected chi connectivity index (χ4v) is 0.755. The van der Waals surface area contributed by atoms with E-state index < -0.39 is 0 Å². The molecule has 0 amide bonds. The molecule has 0 saturated carbocycles. The highest BCUT2D eigenvalue weighted by Crippen LogP contribution is 1.98. The summed E-state index contributed by atoms with van der Waals surface area (Å²) >= 11 is 0. The fourth-order valence-electron chi connectivity index (χ4n) is 0.755. The second kappa shape index (κ2) is 3.14. The Morgan fingerprint density at radius 3 is 3.00 bits per heavy atom. The summed E-state index contributed by atoms with van der Waals surface area (Å²) < 4.78 is 1.70. The van der Waals surface area contributed by atoms with Crippen molar-refractivity contribution in [1.82, 2.24) is 9.66 Å². The van der Waals surface area contributed by atoms with E-state index >= 15 is 0 Å². The largest absolute Gasteiger partial charge is 0.236 e. The highest BCUT2D eigenvalue weighted by atomic mass is 15.4. The molecule has 1 aromatic rings. The lowest BCUT2D eigenvalue weighted by atomic mass is 10.5. The molecule has 11 heavy (non-hydrogen) atoms. The maximum atomic E-state index is 4.19. The average Bonchev–Trinajstić information content (AvgIpc) is 2.34. The van der Waals surface area contributed by atoms with Crippen LogP contribution in [0.4, 0.5) is 0 Å². The number of aromatic nitrogens is 2. The third-order valence-electron chi connectivity index (χ3n) is 1.14. The van der Waals surface area contributed by atoms with Gasteiger partial charge >= 0.3 is 0 Å². The average molecular weight is 149 g/mol. The van der Waals surface area contributed by atoms with Crippen LogP contribution in [0.3, 0.4) is 0 Å². The highest BCUT2D eigenvalue weighted by molar-refractivity contribution is 5.79. The Bertz CT molecular complexity index is 279. The molecule has 3 heteroatoms. The van der Waals surface area contributed by atoms with E-state index in [0.29, 0.717) is 0 Å². The van der Waals surface area contributed by atoms with E-state index in [-0.39, 0.29) is 0 Å². The molecular weight excluding hydrogens is 138 g/mol. The number of hydrogen-bond donors (Lipinski definition) is 0. The van der Waals surface area contributed by atoms with Gasteiger partial charge in [-0.05, 0) is 19.9 Å². The van der Waals surface area contributed by atoms with E-state index in [1.807, 2.05) is 13.8 Å². The molecule has 0 aliphatic heterocycles. The third kappa shape index (κ3) is 1.77. The summed E-state index contributed by atoms with van der Waals surface area (Å²) in [5, 5.41) is 4.19. The number of rotatable bonds is 2. The van der Waals surface area contributed by atoms with Gasteiger partial charge < -0.3 is 0 Å². The van der Waals surface area contributed by atoms with Crippen molar-refractivity contribution < 1.29 is 0 Å². The molecule has 3 nitrogen and oxygen atoms in total. The zero-order chi connectivity index (χ0) is 8.27. The molecule has 0 radical (unpaired) electrons. The number of nitrogens with zero attached hydrogens (tertiary/aromatic N) is 3. The molecule has 1 rings (SSSR count). The Morgan fingerprint density at radius 2 is 2.45 bits per heavy atom. The lowest BCUT2D eigenvalue weighted by molar-refractivity contribution is 0.859. The van der Waals surface area contributed by atoms with Gasteiger partial charge in [-0.25, -0.2) is 9.66 Å². The molecule has 0 N–H and O–H groups in total. The van der Waals surface area contributed by atoms with Crippen molar-refractivity contribution in [3.05, 3.63) is 24.8 Å². The topological polar surface area (TPSA) is 30.2 Å². The van der Waals surface area contributed by atoms with Crippen LogP contribution in [-0.4, -0.2) is 15.4 Å². The Kier molecular flexibility index (Phi) is 2.21. The number of imidazole rings is 1. The first-order chi connectivity index (χ1) is 5.24. The molecule has 0 spiro atoms. The van der Waals surface area contributed by atoms with Crippen molar-refractivity contribution in [2.45, 2.75) is 13.8 Å². The van der Waals surface area contributed by atoms with Gasteiger partial charge in [-0.2, -0.15) is 5.10 Å². The molecular formula is C8H11N3. The van der Waals surface area contributed by atoms with E-state index in [4.69, 9.17) is 0 Å². The van der Waals surface area contributed by atoms with Crippen LogP contribution in [0.2, 0.25) is 0 Å². The van der Waals surface area contributed by atoms with Gasteiger partial charge in [-0.1, -0.05) is 6.58 Å². The van der Waals surface area contributed by atoms with E-state index in [1.54, 1.807) is 23.1 Å². The summed E-state index contributed by atoms with van der Waals surface area (Å²) in [6.45, 7) is 7.49. The first-order valence-corrected chi connectivity index (χ1v) is 3.42. The van der Waals surface area contributed by atoms with Gasteiger partial charge in [0, 0.05) is 18.1 Å². The first kappa shape index (κ1) is 7.72. The molecule has 0 unspecified atom stereocenters. The van der Waals surface area contributed by atoms with Crippen molar-refractivity contribution in [3.63, 3.8) is 0 Å². The molecule has 0 bridgehead atoms. The van der Waals surface area contributed by atoms with Gasteiger partial charge in [0.15, 0.2) is 5.82 Å². The second-order valence-electron chi connectivity index (χ2n) is 2.38. The monoisotopic (exact) mass is 149 g/mol. The van der Waals surface area contributed by atoms with Crippen molar-refractivity contribution in [1.29, 1.82) is 0 Å². The molecule has 1 heterocycles. The smallest absolute Gasteiger partial charge is 0.152 e. The van der Waals surface area contributed by atoms with Crippen molar-refractivity contribution in [3.8, 4) is 0 Å². The van der Waals surface area contributed by atoms with Crippen LogP contribution >= 0.6 is 0 Å². The Labute approximate surface area is 66.1 Å². The molecule has 0 saturated heterocycles. The van der Waals surface area contributed by atoms with Crippen molar-refractivity contribution >= 4 is 11.8 Å². The predicted molar refractivity (Wildman–Crippen MR) is 46.5 cm³/mol. The van der Waals surface area contributed by atoms with Gasteiger partial charge in [0.2, 0.25) is 0 Å². The van der Waals surface area contributed by atoms with Gasteiger partial charge in [-0.3, -0.25) is 0 Å². The highest BCUT2D eigenvalue weighted by Gasteiger charge is 1.93. The van der Waals surface area contributed by atoms with Crippen LogP contribution in [0.25, 0.3) is 6.08 Å². The second-order valence-corrected chi connectivity index (χ2v) is 2.38. The SMILES string of the molecule is C=Cc1nccn1N=C(C)C. The molecule has 0 aliphatic rings. The Balaban J connectivity index is 3.03. The van der Waals surface area contributed by atoms with Gasteiger partial charge in [0.25, 0.3) is 0 Å². The summed E-state index contributed by atoms with van der Waals surface area (Å²) in [7, 11) is 0. The van der Waals surface area contributed by atoms with Crippen LogP contribution in [0.15, 0.2) is 24.1 Å². The van der Waals surface area contributed by atoms with Crippen molar-refractivity contribution in [2.75, 3.05) is 0 Å². The van der Waals surface area contributed by atoms with Crippen LogP contribution in [0, 0.1) is 0 Å². The molecule has 58 valence electrons. The van der Waals surface area contributed by atoms with E-state index in [1.165, 1.54) is 0 Å². The zero-order valence-corrected chi connectivity index (χ0v) is 6.78. The maximum absolute atomic E-state index is 4.19. The predicted octanol–water partition coefficient (Wildman–Crippen LogP) is 1.77. The maximum Gasteiger partial charge on any atom is 0.152 e. The standard InChI is InChI=1S/C8H11N3/c1-4-8-9-5-6-11(8)10-7(2)3/h4-6H,1H2,2-3H3. The molecule has 0 atom stereocenters. The third-order valence-corrected chi connectivity index (χ3v) is 1.14. The van der Waals surface area contributed by atoms with E-state index in [2.05, 4.69) is 16.7 Å². The quantitative estimate of drug-likeness (QED) is 0.589. The van der Waals surface area contributed by atoms with Gasteiger partial charge in [0.1, 0.15) is 0 Å². The summed E-state index contributed by atoms with van der Waals surface area (Å²) in [4.78, 5) is 4.03. The Hall–Kier alpha value is -1.38. The van der Waals surface area contributed by atoms with Crippen LogP contribution in [0.5, 0.6) is 0 Å². The summed E-state index contributed by atoms with van der Waals surface area (Å²) in [5.41, 5.74) is 0.992. The zero-order valence-electron chi connectivity index (χ0n) is 6.78. The lowest BCUT2D eigenvalue weighted by Crippen LogP contribution is -1.94. The summed E-state index contributed by atoms with van der Waals surface area (Å²) in [5.74, 6) is 0.770. The Morgan fingerprint density at radius 1 is 1.73 bits per heavy atom. The minimum Gasteiger partial charge on any atom is -0.236 e. The van der Waals surface area contributed by atoms with Crippen LogP contribution in [0.1, 0.15) is 19.7 Å². The van der Waals surface area contributed by atoms with Gasteiger partial charge in [0.05, 0.1) is 0 Å².